The summed E-state index contributed by atoms with van der Waals surface area (Å²) >= 11 is 3.30. The number of nitrogens with two attached hydrogens (primary N) is 1. The highest BCUT2D eigenvalue weighted by Gasteiger charge is 2.16. The van der Waals surface area contributed by atoms with Gasteiger partial charge >= 0.3 is 0 Å². The van der Waals surface area contributed by atoms with Crippen molar-refractivity contribution in [3.05, 3.63) is 63.8 Å². The molecule has 0 atom stereocenters. The first-order chi connectivity index (χ1) is 12.1. The molecule has 1 aliphatic rings. The van der Waals surface area contributed by atoms with E-state index in [1.807, 2.05) is 5.43 Å². The van der Waals surface area contributed by atoms with Crippen LogP contribution in [-0.4, -0.2) is 18.6 Å². The van der Waals surface area contributed by atoms with Crippen LogP contribution in [0.15, 0.2) is 52.6 Å². The lowest BCUT2D eigenvalue weighted by Gasteiger charge is -2.09. The molecule has 1 heterocycles. The number of hydrazine groups is 1. The van der Waals surface area contributed by atoms with Crippen LogP contribution in [0.1, 0.15) is 15.9 Å². The molecule has 2 aromatic rings. The summed E-state index contributed by atoms with van der Waals surface area (Å²) in [4.78, 5) is 24.3. The van der Waals surface area contributed by atoms with Crippen LogP contribution in [0.2, 0.25) is 0 Å². The third-order valence-electron chi connectivity index (χ3n) is 3.44. The summed E-state index contributed by atoms with van der Waals surface area (Å²) in [6.07, 6.45) is 1.50. The van der Waals surface area contributed by atoms with Gasteiger partial charge < -0.3 is 14.8 Å². The topological polar surface area (TPSA) is 103 Å². The van der Waals surface area contributed by atoms with E-state index in [0.29, 0.717) is 22.6 Å². The third kappa shape index (κ3) is 3.98. The quantitative estimate of drug-likeness (QED) is 0.313. The van der Waals surface area contributed by atoms with Crippen LogP contribution in [0.5, 0.6) is 11.5 Å². The molecule has 2 aromatic carbocycles. The van der Waals surface area contributed by atoms with E-state index in [9.17, 15) is 9.59 Å². The fraction of sp³-hybridized carbons (Fsp3) is 0.0588. The van der Waals surface area contributed by atoms with Crippen LogP contribution in [0, 0.1) is 0 Å². The Bertz CT molecular complexity index is 849. The van der Waals surface area contributed by atoms with Crippen molar-refractivity contribution >= 4 is 33.8 Å². The largest absolute Gasteiger partial charge is 0.454 e. The molecule has 4 N–H and O–H groups in total. The van der Waals surface area contributed by atoms with E-state index in [1.165, 1.54) is 6.08 Å². The van der Waals surface area contributed by atoms with Gasteiger partial charge in [0.15, 0.2) is 11.5 Å². The van der Waals surface area contributed by atoms with Crippen molar-refractivity contribution in [1.82, 2.24) is 10.7 Å². The van der Waals surface area contributed by atoms with Gasteiger partial charge in [-0.1, -0.05) is 22.0 Å². The number of amides is 2. The molecular weight excluding hydrogens is 390 g/mol. The molecule has 0 fully saturated rings. The fourth-order valence-electron chi connectivity index (χ4n) is 2.20. The Kier molecular flexibility index (Phi) is 5.01. The minimum atomic E-state index is -0.622. The van der Waals surface area contributed by atoms with Crippen LogP contribution in [0.4, 0.5) is 0 Å². The molecule has 0 saturated carbocycles. The second-order valence-electron chi connectivity index (χ2n) is 5.11. The van der Waals surface area contributed by atoms with Crippen LogP contribution >= 0.6 is 15.9 Å². The number of carbonyl (C=O) groups excluding carboxylic acids is 2. The van der Waals surface area contributed by atoms with Crippen molar-refractivity contribution in [1.29, 1.82) is 0 Å². The molecule has 0 unspecified atom stereocenters. The summed E-state index contributed by atoms with van der Waals surface area (Å²) in [5.41, 5.74) is 3.09. The van der Waals surface area contributed by atoms with Gasteiger partial charge in [0.25, 0.3) is 11.8 Å². The number of ether oxygens (including phenoxy) is 2. The second-order valence-corrected chi connectivity index (χ2v) is 6.02. The Morgan fingerprint density at radius 3 is 2.52 bits per heavy atom. The predicted octanol–water partition coefficient (Wildman–Crippen LogP) is 1.94. The Balaban J connectivity index is 1.85. The maximum absolute atomic E-state index is 12.3. The van der Waals surface area contributed by atoms with Gasteiger partial charge in [-0.3, -0.25) is 15.0 Å². The number of fused-ring (bicyclic) bond motifs is 1. The molecule has 8 heteroatoms. The van der Waals surface area contributed by atoms with Crippen molar-refractivity contribution in [2.45, 2.75) is 0 Å². The Morgan fingerprint density at radius 1 is 1.08 bits per heavy atom. The van der Waals surface area contributed by atoms with Crippen LogP contribution in [0.25, 0.3) is 6.08 Å². The molecule has 128 valence electrons. The highest BCUT2D eigenvalue weighted by molar-refractivity contribution is 9.10. The molecule has 7 nitrogen and oxygen atoms in total. The lowest BCUT2D eigenvalue weighted by molar-refractivity contribution is -0.117. The number of hydrogen-bond acceptors (Lipinski definition) is 5. The van der Waals surface area contributed by atoms with E-state index in [4.69, 9.17) is 15.3 Å². The molecule has 0 spiro atoms. The van der Waals surface area contributed by atoms with Gasteiger partial charge in [-0.05, 0) is 48.0 Å². The van der Waals surface area contributed by atoms with Gasteiger partial charge in [0, 0.05) is 10.0 Å². The number of nitrogens with one attached hydrogen (secondary N) is 2. The third-order valence-corrected chi connectivity index (χ3v) is 3.97. The van der Waals surface area contributed by atoms with Gasteiger partial charge in [0.1, 0.15) is 5.70 Å². The van der Waals surface area contributed by atoms with Crippen molar-refractivity contribution in [3.8, 4) is 11.5 Å². The highest BCUT2D eigenvalue weighted by atomic mass is 79.9. The van der Waals surface area contributed by atoms with E-state index in [-0.39, 0.29) is 12.5 Å². The Hall–Kier alpha value is -2.84. The lowest BCUT2D eigenvalue weighted by Crippen LogP contribution is -2.38. The van der Waals surface area contributed by atoms with E-state index in [2.05, 4.69) is 21.2 Å². The summed E-state index contributed by atoms with van der Waals surface area (Å²) in [5.74, 6) is 5.35. The molecule has 0 bridgehead atoms. The molecule has 0 saturated heterocycles. The number of carbonyl (C=O) groups is 2. The summed E-state index contributed by atoms with van der Waals surface area (Å²) in [5, 5.41) is 2.56. The Labute approximate surface area is 151 Å². The van der Waals surface area contributed by atoms with Crippen LogP contribution in [-0.2, 0) is 4.79 Å². The van der Waals surface area contributed by atoms with Gasteiger partial charge in [-0.15, -0.1) is 0 Å². The minimum absolute atomic E-state index is 0.00860. The van der Waals surface area contributed by atoms with Crippen molar-refractivity contribution in [2.75, 3.05) is 6.79 Å². The average molecular weight is 404 g/mol. The van der Waals surface area contributed by atoms with E-state index < -0.39 is 11.8 Å². The first-order valence-corrected chi connectivity index (χ1v) is 8.05. The molecule has 1 aliphatic heterocycles. The summed E-state index contributed by atoms with van der Waals surface area (Å²) in [6, 6.07) is 11.9. The first-order valence-electron chi connectivity index (χ1n) is 7.26. The van der Waals surface area contributed by atoms with E-state index >= 15 is 0 Å². The zero-order chi connectivity index (χ0) is 17.8. The number of rotatable bonds is 4. The molecule has 0 radical (unpaired) electrons. The van der Waals surface area contributed by atoms with Gasteiger partial charge in [-0.25, -0.2) is 5.84 Å². The smallest absolute Gasteiger partial charge is 0.281 e. The monoisotopic (exact) mass is 403 g/mol. The number of hydrogen-bond donors (Lipinski definition) is 3. The fourth-order valence-corrected chi connectivity index (χ4v) is 2.47. The van der Waals surface area contributed by atoms with Crippen molar-refractivity contribution in [2.24, 2.45) is 5.84 Å². The maximum atomic E-state index is 12.3. The van der Waals surface area contributed by atoms with E-state index in [0.717, 1.165) is 4.47 Å². The van der Waals surface area contributed by atoms with Gasteiger partial charge in [-0.2, -0.15) is 0 Å². The van der Waals surface area contributed by atoms with Crippen molar-refractivity contribution in [3.63, 3.8) is 0 Å². The summed E-state index contributed by atoms with van der Waals surface area (Å²) < 4.78 is 11.4. The zero-order valence-corrected chi connectivity index (χ0v) is 14.5. The molecule has 0 aromatic heterocycles. The molecule has 2 amide bonds. The highest BCUT2D eigenvalue weighted by Crippen LogP contribution is 2.33. The maximum Gasteiger partial charge on any atom is 0.281 e. The SMILES string of the molecule is NNC(=O)/C(=C\c1ccc2c(c1)OCO2)NC(=O)c1ccc(Br)cc1. The molecular formula is C17H14BrN3O4. The summed E-state index contributed by atoms with van der Waals surface area (Å²) in [7, 11) is 0. The first kappa shape index (κ1) is 17.0. The zero-order valence-electron chi connectivity index (χ0n) is 12.9. The normalized spacial score (nSPS) is 12.6. The predicted molar refractivity (Wildman–Crippen MR) is 94.5 cm³/mol. The Morgan fingerprint density at radius 2 is 1.80 bits per heavy atom. The number of benzene rings is 2. The number of halogens is 1. The molecule has 0 aliphatic carbocycles. The molecule has 25 heavy (non-hydrogen) atoms. The van der Waals surface area contributed by atoms with E-state index in [1.54, 1.807) is 42.5 Å². The van der Waals surface area contributed by atoms with Crippen LogP contribution < -0.4 is 26.1 Å². The van der Waals surface area contributed by atoms with Crippen LogP contribution in [0.3, 0.4) is 0 Å². The van der Waals surface area contributed by atoms with Gasteiger partial charge in [0.05, 0.1) is 0 Å². The minimum Gasteiger partial charge on any atom is -0.454 e. The standard InChI is InChI=1S/C17H14BrN3O4/c18-12-4-2-11(3-5-12)16(22)20-13(17(23)21-19)7-10-1-6-14-15(8-10)25-9-24-14/h1-8H,9,19H2,(H,20,22)(H,21,23)/b13-7+. The molecule has 3 rings (SSSR count). The van der Waals surface area contributed by atoms with Crippen molar-refractivity contribution < 1.29 is 19.1 Å². The second kappa shape index (κ2) is 7.37. The summed E-state index contributed by atoms with van der Waals surface area (Å²) in [6.45, 7) is 0.152. The lowest BCUT2D eigenvalue weighted by atomic mass is 10.1. The van der Waals surface area contributed by atoms with Gasteiger partial charge in [0.2, 0.25) is 6.79 Å². The average Bonchev–Trinajstić information content (AvgIpc) is 3.08.